The summed E-state index contributed by atoms with van der Waals surface area (Å²) >= 11 is 0. The van der Waals surface area contributed by atoms with E-state index < -0.39 is 0 Å². The summed E-state index contributed by atoms with van der Waals surface area (Å²) in [7, 11) is 0. The first kappa shape index (κ1) is 11.4. The van der Waals surface area contributed by atoms with Gasteiger partial charge in [0.05, 0.1) is 11.9 Å². The van der Waals surface area contributed by atoms with Crippen molar-refractivity contribution in [1.29, 1.82) is 0 Å². The fourth-order valence-electron chi connectivity index (χ4n) is 2.71. The Hall–Kier alpha value is -1.69. The first-order chi connectivity index (χ1) is 8.65. The summed E-state index contributed by atoms with van der Waals surface area (Å²) in [5, 5.41) is 11.8. The smallest absolute Gasteiger partial charge is 0.183 e. The minimum atomic E-state index is -0.283. The van der Waals surface area contributed by atoms with Crippen molar-refractivity contribution in [3.63, 3.8) is 0 Å². The first-order valence-corrected chi connectivity index (χ1v) is 6.30. The molecule has 1 atom stereocenters. The molecular formula is C12H17N5O. The fraction of sp³-hybridized carbons (Fsp3) is 0.583. The lowest BCUT2D eigenvalue weighted by Crippen LogP contribution is -2.44. The molecule has 2 aromatic heterocycles. The van der Waals surface area contributed by atoms with Gasteiger partial charge in [0.1, 0.15) is 11.8 Å². The van der Waals surface area contributed by atoms with E-state index >= 15 is 0 Å². The second kappa shape index (κ2) is 3.91. The molecule has 6 heteroatoms. The van der Waals surface area contributed by atoms with Gasteiger partial charge in [-0.25, -0.2) is 20.0 Å². The van der Waals surface area contributed by atoms with Crippen LogP contribution in [-0.4, -0.2) is 30.3 Å². The molecule has 0 unspecified atom stereocenters. The van der Waals surface area contributed by atoms with Crippen LogP contribution in [0.25, 0.3) is 11.2 Å². The molecule has 3 rings (SSSR count). The third-order valence-electron chi connectivity index (χ3n) is 3.78. The first-order valence-electron chi connectivity index (χ1n) is 6.30. The zero-order valence-corrected chi connectivity index (χ0v) is 10.7. The van der Waals surface area contributed by atoms with E-state index in [-0.39, 0.29) is 5.54 Å². The minimum absolute atomic E-state index is 0.283. The number of hydroxylamine groups is 1. The summed E-state index contributed by atoms with van der Waals surface area (Å²) in [6.45, 7) is 5.02. The Morgan fingerprint density at radius 2 is 2.22 bits per heavy atom. The van der Waals surface area contributed by atoms with Crippen LogP contribution in [0.5, 0.6) is 0 Å². The van der Waals surface area contributed by atoms with E-state index in [1.807, 2.05) is 4.57 Å². The van der Waals surface area contributed by atoms with Gasteiger partial charge in [-0.2, -0.15) is 0 Å². The molecule has 0 aromatic carbocycles. The zero-order chi connectivity index (χ0) is 12.8. The van der Waals surface area contributed by atoms with Gasteiger partial charge in [0.15, 0.2) is 11.5 Å². The van der Waals surface area contributed by atoms with Crippen molar-refractivity contribution in [3.8, 4) is 0 Å². The molecule has 1 aliphatic rings. The van der Waals surface area contributed by atoms with Gasteiger partial charge < -0.3 is 4.57 Å². The number of hydrogen-bond donors (Lipinski definition) is 1. The van der Waals surface area contributed by atoms with Crippen molar-refractivity contribution >= 4 is 17.0 Å². The maximum atomic E-state index is 10.5. The number of aromatic nitrogens is 4. The molecule has 0 saturated carbocycles. The normalized spacial score (nSPS) is 23.4. The molecule has 2 aromatic rings. The fourth-order valence-corrected chi connectivity index (χ4v) is 2.71. The summed E-state index contributed by atoms with van der Waals surface area (Å²) in [4.78, 5) is 12.6. The Labute approximate surface area is 105 Å². The third kappa shape index (κ3) is 1.49. The highest BCUT2D eigenvalue weighted by Crippen LogP contribution is 2.35. The molecule has 0 aliphatic carbocycles. The van der Waals surface area contributed by atoms with E-state index in [0.717, 1.165) is 31.3 Å². The van der Waals surface area contributed by atoms with Gasteiger partial charge in [-0.15, -0.1) is 0 Å². The standard InChI is InChI=1S/C12H17N5O/c1-3-4-12(2)5-6-16-8-15-10-9(16)11(17(12)18)14-7-13-10/h7-8,18H,3-6H2,1-2H3/t12-/m0/s1. The second-order valence-electron chi connectivity index (χ2n) is 5.12. The molecule has 18 heavy (non-hydrogen) atoms. The predicted octanol–water partition coefficient (Wildman–Crippen LogP) is 1.98. The van der Waals surface area contributed by atoms with Crippen LogP contribution in [-0.2, 0) is 6.54 Å². The Morgan fingerprint density at radius 1 is 1.39 bits per heavy atom. The van der Waals surface area contributed by atoms with E-state index in [1.54, 1.807) is 6.33 Å². The maximum absolute atomic E-state index is 10.5. The van der Waals surface area contributed by atoms with E-state index in [1.165, 1.54) is 11.4 Å². The van der Waals surface area contributed by atoms with Gasteiger partial charge in [-0.05, 0) is 19.8 Å². The second-order valence-corrected chi connectivity index (χ2v) is 5.12. The molecule has 1 aliphatic heterocycles. The van der Waals surface area contributed by atoms with Crippen molar-refractivity contribution < 1.29 is 5.21 Å². The molecule has 0 bridgehead atoms. The molecule has 3 heterocycles. The molecule has 6 nitrogen and oxygen atoms in total. The van der Waals surface area contributed by atoms with Crippen LogP contribution >= 0.6 is 0 Å². The molecule has 1 N–H and O–H groups in total. The Kier molecular flexibility index (Phi) is 2.48. The monoisotopic (exact) mass is 247 g/mol. The highest BCUT2D eigenvalue weighted by Gasteiger charge is 2.35. The summed E-state index contributed by atoms with van der Waals surface area (Å²) in [5.41, 5.74) is 1.18. The lowest BCUT2D eigenvalue weighted by atomic mass is 9.92. The third-order valence-corrected chi connectivity index (χ3v) is 3.78. The number of nitrogens with zero attached hydrogens (tertiary/aromatic N) is 5. The summed E-state index contributed by atoms with van der Waals surface area (Å²) in [6, 6.07) is 0. The van der Waals surface area contributed by atoms with Crippen molar-refractivity contribution in [2.45, 2.75) is 45.2 Å². The quantitative estimate of drug-likeness (QED) is 0.879. The average Bonchev–Trinajstić information content (AvgIpc) is 2.74. The van der Waals surface area contributed by atoms with Crippen molar-refractivity contribution in [2.24, 2.45) is 0 Å². The average molecular weight is 247 g/mol. The molecule has 0 saturated heterocycles. The topological polar surface area (TPSA) is 67.1 Å². The maximum Gasteiger partial charge on any atom is 0.183 e. The van der Waals surface area contributed by atoms with E-state index in [9.17, 15) is 5.21 Å². The Morgan fingerprint density at radius 3 is 3.00 bits per heavy atom. The molecule has 0 fully saturated rings. The number of rotatable bonds is 2. The number of imidazole rings is 1. The van der Waals surface area contributed by atoms with Gasteiger partial charge >= 0.3 is 0 Å². The molecular weight excluding hydrogens is 230 g/mol. The predicted molar refractivity (Wildman–Crippen MR) is 67.5 cm³/mol. The lowest BCUT2D eigenvalue weighted by Gasteiger charge is -2.35. The molecule has 0 radical (unpaired) electrons. The van der Waals surface area contributed by atoms with Crippen molar-refractivity contribution in [2.75, 3.05) is 5.06 Å². The van der Waals surface area contributed by atoms with Gasteiger partial charge in [-0.1, -0.05) is 13.3 Å². The molecule has 0 spiro atoms. The van der Waals surface area contributed by atoms with Crippen molar-refractivity contribution in [3.05, 3.63) is 12.7 Å². The van der Waals surface area contributed by atoms with Gasteiger partial charge in [0.25, 0.3) is 0 Å². The Balaban J connectivity index is 2.18. The largest absolute Gasteiger partial charge is 0.326 e. The number of aryl methyl sites for hydroxylation is 1. The number of anilines is 1. The number of hydrogen-bond acceptors (Lipinski definition) is 5. The van der Waals surface area contributed by atoms with Gasteiger partial charge in [0, 0.05) is 6.54 Å². The highest BCUT2D eigenvalue weighted by atomic mass is 16.5. The van der Waals surface area contributed by atoms with E-state index in [4.69, 9.17) is 0 Å². The molecule has 96 valence electrons. The summed E-state index contributed by atoms with van der Waals surface area (Å²) < 4.78 is 2.02. The van der Waals surface area contributed by atoms with Crippen LogP contribution in [0.3, 0.4) is 0 Å². The molecule has 0 amide bonds. The van der Waals surface area contributed by atoms with Crippen LogP contribution in [0.4, 0.5) is 5.82 Å². The van der Waals surface area contributed by atoms with Crippen LogP contribution in [0, 0.1) is 0 Å². The van der Waals surface area contributed by atoms with Crippen LogP contribution in [0.1, 0.15) is 33.1 Å². The highest BCUT2D eigenvalue weighted by molar-refractivity contribution is 5.83. The summed E-state index contributed by atoms with van der Waals surface area (Å²) in [6.07, 6.45) is 6.03. The van der Waals surface area contributed by atoms with E-state index in [0.29, 0.717) is 11.5 Å². The Bertz CT molecular complexity index is 581. The summed E-state index contributed by atoms with van der Waals surface area (Å²) in [5.74, 6) is 0.561. The zero-order valence-electron chi connectivity index (χ0n) is 10.7. The van der Waals surface area contributed by atoms with Crippen molar-refractivity contribution in [1.82, 2.24) is 19.5 Å². The van der Waals surface area contributed by atoms with Crippen LogP contribution in [0.15, 0.2) is 12.7 Å². The van der Waals surface area contributed by atoms with E-state index in [2.05, 4.69) is 28.8 Å². The van der Waals surface area contributed by atoms with Gasteiger partial charge in [0.2, 0.25) is 0 Å². The van der Waals surface area contributed by atoms with Crippen LogP contribution < -0.4 is 5.06 Å². The minimum Gasteiger partial charge on any atom is -0.326 e. The SMILES string of the molecule is CCC[C@@]1(C)CCn2cnc3ncnc(c32)N1O. The van der Waals surface area contributed by atoms with Gasteiger partial charge in [-0.3, -0.25) is 5.21 Å². The van der Waals surface area contributed by atoms with Crippen LogP contribution in [0.2, 0.25) is 0 Å². The lowest BCUT2D eigenvalue weighted by molar-refractivity contribution is 0.141.